The lowest BCUT2D eigenvalue weighted by atomic mass is 10.1. The topological polar surface area (TPSA) is 81.9 Å². The highest BCUT2D eigenvalue weighted by molar-refractivity contribution is 7.89. The molecule has 1 heterocycles. The summed E-state index contributed by atoms with van der Waals surface area (Å²) in [6.45, 7) is 6.27. The first-order valence-electron chi connectivity index (χ1n) is 6.77. The Balaban J connectivity index is 2.35. The summed E-state index contributed by atoms with van der Waals surface area (Å²) in [6, 6.07) is 4.51. The second kappa shape index (κ2) is 5.47. The smallest absolute Gasteiger partial charge is 0.243 e. The van der Waals surface area contributed by atoms with Gasteiger partial charge in [-0.05, 0) is 39.0 Å². The van der Waals surface area contributed by atoms with E-state index in [-0.39, 0.29) is 11.0 Å². The molecule has 1 atom stereocenters. The Hall–Kier alpha value is -1.31. The van der Waals surface area contributed by atoms with Crippen LogP contribution < -0.4 is 10.5 Å². The third-order valence-electron chi connectivity index (χ3n) is 3.38. The lowest BCUT2D eigenvalue weighted by molar-refractivity contribution is -0.109. The van der Waals surface area contributed by atoms with E-state index >= 15 is 0 Å². The van der Waals surface area contributed by atoms with Gasteiger partial charge in [0.15, 0.2) is 0 Å². The molecule has 1 saturated heterocycles. The van der Waals surface area contributed by atoms with Gasteiger partial charge in [0.25, 0.3) is 0 Å². The van der Waals surface area contributed by atoms with Gasteiger partial charge in [-0.1, -0.05) is 0 Å². The van der Waals surface area contributed by atoms with Crippen molar-refractivity contribution in [1.82, 2.24) is 4.31 Å². The maximum atomic E-state index is 12.7. The van der Waals surface area contributed by atoms with Crippen molar-refractivity contribution < 1.29 is 17.9 Å². The molecule has 0 aliphatic carbocycles. The fourth-order valence-corrected chi connectivity index (χ4v) is 4.30. The molecule has 7 heteroatoms. The lowest BCUT2D eigenvalue weighted by Gasteiger charge is -2.40. The van der Waals surface area contributed by atoms with Crippen LogP contribution in [0.5, 0.6) is 5.75 Å². The molecule has 0 saturated carbocycles. The van der Waals surface area contributed by atoms with Gasteiger partial charge in [-0.25, -0.2) is 8.42 Å². The predicted molar refractivity (Wildman–Crippen MR) is 80.8 cm³/mol. The molecular weight excluding hydrogens is 292 g/mol. The Morgan fingerprint density at radius 2 is 2.10 bits per heavy atom. The number of benzene rings is 1. The summed E-state index contributed by atoms with van der Waals surface area (Å²) in [6.07, 6.45) is -0.154. The average Bonchev–Trinajstić information content (AvgIpc) is 2.36. The number of rotatable bonds is 3. The highest BCUT2D eigenvalue weighted by Gasteiger charge is 2.38. The van der Waals surface area contributed by atoms with Crippen LogP contribution in [0.1, 0.15) is 20.8 Å². The molecule has 2 rings (SSSR count). The molecule has 1 aliphatic heterocycles. The Kier molecular flexibility index (Phi) is 4.19. The SMILES string of the molecule is COc1ccc(S(=O)(=O)N2CC(C)OC(C)(C)C2)cc1N. The predicted octanol–water partition coefficient (Wildman–Crippen LogP) is 1.47. The first-order valence-corrected chi connectivity index (χ1v) is 8.21. The van der Waals surface area contributed by atoms with Crippen molar-refractivity contribution in [3.63, 3.8) is 0 Å². The number of nitrogens with two attached hydrogens (primary N) is 1. The lowest BCUT2D eigenvalue weighted by Crippen LogP contribution is -2.53. The summed E-state index contributed by atoms with van der Waals surface area (Å²) in [5, 5.41) is 0. The Bertz CT molecular complexity index is 628. The number of nitrogen functional groups attached to an aromatic ring is 1. The number of ether oxygens (including phenoxy) is 2. The Morgan fingerprint density at radius 3 is 2.62 bits per heavy atom. The monoisotopic (exact) mass is 314 g/mol. The van der Waals surface area contributed by atoms with E-state index < -0.39 is 15.6 Å². The van der Waals surface area contributed by atoms with Gasteiger partial charge in [0.2, 0.25) is 10.0 Å². The quantitative estimate of drug-likeness (QED) is 0.854. The number of methoxy groups -OCH3 is 1. The van der Waals surface area contributed by atoms with Gasteiger partial charge < -0.3 is 15.2 Å². The zero-order chi connectivity index (χ0) is 15.8. The van der Waals surface area contributed by atoms with E-state index in [1.807, 2.05) is 20.8 Å². The zero-order valence-electron chi connectivity index (χ0n) is 12.8. The number of hydrogen-bond acceptors (Lipinski definition) is 5. The minimum Gasteiger partial charge on any atom is -0.495 e. The van der Waals surface area contributed by atoms with Crippen LogP contribution in [0, 0.1) is 0 Å². The van der Waals surface area contributed by atoms with E-state index in [0.29, 0.717) is 24.5 Å². The van der Waals surface area contributed by atoms with Gasteiger partial charge in [-0.3, -0.25) is 0 Å². The molecule has 118 valence electrons. The van der Waals surface area contributed by atoms with E-state index in [1.165, 1.54) is 23.5 Å². The second-order valence-corrected chi connectivity index (χ2v) is 7.83. The van der Waals surface area contributed by atoms with Crippen LogP contribution in [0.3, 0.4) is 0 Å². The number of nitrogens with zero attached hydrogens (tertiary/aromatic N) is 1. The molecule has 0 spiro atoms. The van der Waals surface area contributed by atoms with Crippen LogP contribution in [0.25, 0.3) is 0 Å². The fourth-order valence-electron chi connectivity index (χ4n) is 2.60. The number of anilines is 1. The van der Waals surface area contributed by atoms with Crippen LogP contribution in [0.2, 0.25) is 0 Å². The normalized spacial score (nSPS) is 23.0. The molecule has 6 nitrogen and oxygen atoms in total. The summed E-state index contributed by atoms with van der Waals surface area (Å²) in [5.74, 6) is 0.463. The van der Waals surface area contributed by atoms with Crippen molar-refractivity contribution in [2.24, 2.45) is 0 Å². The van der Waals surface area contributed by atoms with Crippen LogP contribution >= 0.6 is 0 Å². The maximum Gasteiger partial charge on any atom is 0.243 e. The molecular formula is C14H22N2O4S. The summed E-state index contributed by atoms with van der Waals surface area (Å²) < 4.78 is 37.7. The van der Waals surface area contributed by atoms with Crippen molar-refractivity contribution in [2.75, 3.05) is 25.9 Å². The standard InChI is InChI=1S/C14H22N2O4S/c1-10-8-16(9-14(2,3)20-10)21(17,18)11-5-6-13(19-4)12(15)7-11/h5-7,10H,8-9,15H2,1-4H3. The van der Waals surface area contributed by atoms with Crippen molar-refractivity contribution in [2.45, 2.75) is 37.4 Å². The van der Waals surface area contributed by atoms with Gasteiger partial charge in [0.05, 0.1) is 29.4 Å². The van der Waals surface area contributed by atoms with E-state index in [0.717, 1.165) is 0 Å². The zero-order valence-corrected chi connectivity index (χ0v) is 13.6. The molecule has 1 aliphatic rings. The highest BCUT2D eigenvalue weighted by Crippen LogP contribution is 2.29. The molecule has 0 radical (unpaired) electrons. The molecule has 0 aromatic heterocycles. The third kappa shape index (κ3) is 3.30. The first-order chi connectivity index (χ1) is 9.65. The van der Waals surface area contributed by atoms with E-state index in [9.17, 15) is 8.42 Å². The van der Waals surface area contributed by atoms with Crippen molar-refractivity contribution in [3.05, 3.63) is 18.2 Å². The van der Waals surface area contributed by atoms with E-state index in [4.69, 9.17) is 15.2 Å². The largest absolute Gasteiger partial charge is 0.495 e. The van der Waals surface area contributed by atoms with Crippen molar-refractivity contribution in [1.29, 1.82) is 0 Å². The molecule has 0 bridgehead atoms. The van der Waals surface area contributed by atoms with Crippen LogP contribution in [-0.2, 0) is 14.8 Å². The number of hydrogen-bond donors (Lipinski definition) is 1. The number of sulfonamides is 1. The maximum absolute atomic E-state index is 12.7. The van der Waals surface area contributed by atoms with Gasteiger partial charge in [-0.15, -0.1) is 0 Å². The third-order valence-corrected chi connectivity index (χ3v) is 5.18. The second-order valence-electron chi connectivity index (χ2n) is 5.89. The number of morpholine rings is 1. The van der Waals surface area contributed by atoms with Gasteiger partial charge in [0, 0.05) is 13.1 Å². The molecule has 1 fully saturated rings. The average molecular weight is 314 g/mol. The molecule has 1 unspecified atom stereocenters. The van der Waals surface area contributed by atoms with Crippen molar-refractivity contribution in [3.8, 4) is 5.75 Å². The summed E-state index contributed by atoms with van der Waals surface area (Å²) in [4.78, 5) is 0.172. The summed E-state index contributed by atoms with van der Waals surface area (Å²) >= 11 is 0. The van der Waals surface area contributed by atoms with E-state index in [2.05, 4.69) is 0 Å². The van der Waals surface area contributed by atoms with Gasteiger partial charge in [0.1, 0.15) is 5.75 Å². The summed E-state index contributed by atoms with van der Waals surface area (Å²) in [5.41, 5.74) is 5.60. The minimum absolute atomic E-state index is 0.154. The highest BCUT2D eigenvalue weighted by atomic mass is 32.2. The molecule has 2 N–H and O–H groups in total. The Morgan fingerprint density at radius 1 is 1.43 bits per heavy atom. The summed E-state index contributed by atoms with van der Waals surface area (Å²) in [7, 11) is -2.10. The Labute approximate surface area is 125 Å². The van der Waals surface area contributed by atoms with Gasteiger partial charge >= 0.3 is 0 Å². The molecule has 1 aromatic rings. The molecule has 1 aromatic carbocycles. The van der Waals surface area contributed by atoms with Crippen LogP contribution in [0.15, 0.2) is 23.1 Å². The first kappa shape index (κ1) is 16.1. The van der Waals surface area contributed by atoms with Crippen LogP contribution in [-0.4, -0.2) is 44.6 Å². The van der Waals surface area contributed by atoms with Gasteiger partial charge in [-0.2, -0.15) is 4.31 Å². The molecule has 0 amide bonds. The van der Waals surface area contributed by atoms with Crippen LogP contribution in [0.4, 0.5) is 5.69 Å². The van der Waals surface area contributed by atoms with E-state index in [1.54, 1.807) is 6.07 Å². The fraction of sp³-hybridized carbons (Fsp3) is 0.571. The van der Waals surface area contributed by atoms with Crippen molar-refractivity contribution >= 4 is 15.7 Å². The molecule has 21 heavy (non-hydrogen) atoms. The minimum atomic E-state index is -3.60.